The van der Waals surface area contributed by atoms with Gasteiger partial charge in [0.2, 0.25) is 11.8 Å². The van der Waals surface area contributed by atoms with E-state index >= 15 is 0 Å². The number of hydrogen-bond acceptors (Lipinski definition) is 8. The van der Waals surface area contributed by atoms with E-state index in [4.69, 9.17) is 9.47 Å². The Bertz CT molecular complexity index is 1380. The molecule has 11 nitrogen and oxygen atoms in total. The first-order valence-corrected chi connectivity index (χ1v) is 11.5. The molecule has 0 aliphatic carbocycles. The Morgan fingerprint density at radius 1 is 1.28 bits per heavy atom. The van der Waals surface area contributed by atoms with Crippen molar-refractivity contribution < 1.29 is 23.5 Å². The smallest absolute Gasteiger partial charge is 0.270 e. The van der Waals surface area contributed by atoms with E-state index in [0.717, 1.165) is 6.20 Å². The molecule has 2 aliphatic rings. The lowest BCUT2D eigenvalue weighted by molar-refractivity contribution is -0.118. The zero-order valence-electron chi connectivity index (χ0n) is 19.6. The van der Waals surface area contributed by atoms with E-state index in [2.05, 4.69) is 20.6 Å². The minimum absolute atomic E-state index is 0.00707. The number of halogens is 1. The molecule has 3 aromatic rings. The lowest BCUT2D eigenvalue weighted by Crippen LogP contribution is -2.34. The van der Waals surface area contributed by atoms with Crippen LogP contribution in [0.1, 0.15) is 6.42 Å². The zero-order chi connectivity index (χ0) is 25.2. The summed E-state index contributed by atoms with van der Waals surface area (Å²) in [5.74, 6) is 0.569. The first-order chi connectivity index (χ1) is 17.4. The Morgan fingerprint density at radius 2 is 2.14 bits per heavy atom. The van der Waals surface area contributed by atoms with Crippen LogP contribution in [0.5, 0.6) is 11.6 Å². The van der Waals surface area contributed by atoms with Crippen molar-refractivity contribution in [3.63, 3.8) is 0 Å². The number of fused-ring (bicyclic) bond motifs is 2. The van der Waals surface area contributed by atoms with E-state index in [-0.39, 0.29) is 43.1 Å². The Balaban J connectivity index is 1.17. The van der Waals surface area contributed by atoms with Gasteiger partial charge in [-0.3, -0.25) is 19.0 Å². The van der Waals surface area contributed by atoms with Crippen LogP contribution < -0.4 is 30.6 Å². The molecule has 2 aliphatic heterocycles. The number of amides is 2. The van der Waals surface area contributed by atoms with Crippen molar-refractivity contribution in [2.45, 2.75) is 19.1 Å². The molecule has 12 heteroatoms. The first-order valence-electron chi connectivity index (χ1n) is 11.5. The van der Waals surface area contributed by atoms with Crippen LogP contribution in [0.15, 0.2) is 41.3 Å². The number of pyridine rings is 1. The first kappa shape index (κ1) is 23.7. The molecule has 0 saturated carbocycles. The lowest BCUT2D eigenvalue weighted by atomic mass is 10.1. The molecular weight excluding hydrogens is 471 g/mol. The molecule has 2 aromatic heterocycles. The molecule has 188 valence electrons. The van der Waals surface area contributed by atoms with Crippen LogP contribution in [0.25, 0.3) is 11.2 Å². The van der Waals surface area contributed by atoms with Gasteiger partial charge in [-0.05, 0) is 30.2 Å². The van der Waals surface area contributed by atoms with E-state index in [1.807, 2.05) is 0 Å². The third-order valence-electron chi connectivity index (χ3n) is 6.17. The molecule has 0 radical (unpaired) electrons. The summed E-state index contributed by atoms with van der Waals surface area (Å²) < 4.78 is 26.6. The summed E-state index contributed by atoms with van der Waals surface area (Å²) in [6.07, 6.45) is 0.106. The van der Waals surface area contributed by atoms with Crippen molar-refractivity contribution in [2.75, 3.05) is 43.6 Å². The maximum atomic E-state index is 14.8. The van der Waals surface area contributed by atoms with Crippen LogP contribution in [-0.2, 0) is 16.1 Å². The van der Waals surface area contributed by atoms with Gasteiger partial charge in [0.05, 0.1) is 25.5 Å². The fourth-order valence-electron chi connectivity index (χ4n) is 4.43. The normalized spacial score (nSPS) is 18.1. The predicted octanol–water partition coefficient (Wildman–Crippen LogP) is 1.11. The molecular formula is C24H25FN6O5. The minimum Gasteiger partial charge on any atom is -0.482 e. The van der Waals surface area contributed by atoms with E-state index < -0.39 is 11.7 Å². The van der Waals surface area contributed by atoms with Crippen LogP contribution in [0, 0.1) is 5.92 Å². The Morgan fingerprint density at radius 3 is 2.97 bits per heavy atom. The second-order valence-corrected chi connectivity index (χ2v) is 8.75. The highest BCUT2D eigenvalue weighted by molar-refractivity contribution is 5.99. The van der Waals surface area contributed by atoms with E-state index in [1.54, 1.807) is 35.2 Å². The quantitative estimate of drug-likeness (QED) is 0.475. The van der Waals surface area contributed by atoms with Crippen molar-refractivity contribution in [2.24, 2.45) is 5.92 Å². The predicted molar refractivity (Wildman–Crippen MR) is 129 cm³/mol. The van der Waals surface area contributed by atoms with Gasteiger partial charge in [0, 0.05) is 37.8 Å². The number of methoxy groups -OCH3 is 1. The number of hydrogen-bond donors (Lipinski definition) is 2. The van der Waals surface area contributed by atoms with Gasteiger partial charge in [0.15, 0.2) is 12.3 Å². The highest BCUT2D eigenvalue weighted by Gasteiger charge is 2.31. The zero-order valence-corrected chi connectivity index (χ0v) is 19.6. The fourth-order valence-corrected chi connectivity index (χ4v) is 4.43. The highest BCUT2D eigenvalue weighted by atomic mass is 19.1. The Hall–Kier alpha value is -4.06. The molecule has 2 N–H and O–H groups in total. The van der Waals surface area contributed by atoms with E-state index in [0.29, 0.717) is 48.0 Å². The summed E-state index contributed by atoms with van der Waals surface area (Å²) in [5.41, 5.74) is 1.47. The van der Waals surface area contributed by atoms with Gasteiger partial charge in [0.25, 0.3) is 11.5 Å². The van der Waals surface area contributed by atoms with Crippen molar-refractivity contribution in [3.8, 4) is 11.6 Å². The van der Waals surface area contributed by atoms with Crippen molar-refractivity contribution in [1.29, 1.82) is 0 Å². The summed E-state index contributed by atoms with van der Waals surface area (Å²) in [6, 6.07) is 8.51. The lowest BCUT2D eigenvalue weighted by Gasteiger charge is -2.22. The average molecular weight is 496 g/mol. The average Bonchev–Trinajstić information content (AvgIpc) is 3.25. The molecule has 4 heterocycles. The van der Waals surface area contributed by atoms with Gasteiger partial charge in [-0.25, -0.2) is 9.37 Å². The molecule has 0 bridgehead atoms. The number of alkyl halides is 1. The third kappa shape index (κ3) is 4.85. The summed E-state index contributed by atoms with van der Waals surface area (Å²) in [5, 5.41) is 5.82. The van der Waals surface area contributed by atoms with Crippen LogP contribution >= 0.6 is 0 Å². The number of nitrogens with one attached hydrogen (secondary N) is 2. The number of rotatable bonds is 8. The molecule has 1 saturated heterocycles. The topological polar surface area (TPSA) is 128 Å². The standard InChI is InChI=1S/C24H25FN6O5/c1-35-21-5-3-17-24(29-21)31(23(34)10-27-17)12-15(25)9-26-8-14-6-22(33)30(11-14)16-2-4-19-18(7-16)28-20(32)13-36-19/h2-5,7,10,14-15,26H,6,8-9,11-13H2,1H3,(H,28,32)/t14-,15?/m1/s1. The Labute approximate surface area is 205 Å². The number of carbonyl (C=O) groups is 2. The number of nitrogens with zero attached hydrogens (tertiary/aromatic N) is 4. The molecule has 0 spiro atoms. The number of anilines is 2. The number of ether oxygens (including phenoxy) is 2. The molecule has 1 fully saturated rings. The number of carbonyl (C=O) groups excluding carboxylic acids is 2. The molecule has 5 rings (SSSR count). The van der Waals surface area contributed by atoms with E-state index in [9.17, 15) is 18.8 Å². The maximum absolute atomic E-state index is 14.8. The second kappa shape index (κ2) is 9.90. The summed E-state index contributed by atoms with van der Waals surface area (Å²) >= 11 is 0. The largest absolute Gasteiger partial charge is 0.482 e. The monoisotopic (exact) mass is 496 g/mol. The van der Waals surface area contributed by atoms with Crippen LogP contribution in [0.3, 0.4) is 0 Å². The van der Waals surface area contributed by atoms with Crippen molar-refractivity contribution >= 4 is 34.4 Å². The highest BCUT2D eigenvalue weighted by Crippen LogP contribution is 2.34. The number of aromatic nitrogens is 3. The minimum atomic E-state index is -1.36. The van der Waals surface area contributed by atoms with Crippen LogP contribution in [0.2, 0.25) is 0 Å². The number of benzene rings is 1. The van der Waals surface area contributed by atoms with Gasteiger partial charge in [-0.1, -0.05) is 0 Å². The van der Waals surface area contributed by atoms with Gasteiger partial charge < -0.3 is 25.0 Å². The molecule has 1 unspecified atom stereocenters. The maximum Gasteiger partial charge on any atom is 0.270 e. The van der Waals surface area contributed by atoms with Crippen LogP contribution in [0.4, 0.5) is 15.8 Å². The molecule has 2 amide bonds. The summed E-state index contributed by atoms with van der Waals surface area (Å²) in [4.78, 5) is 46.5. The fraction of sp³-hybridized carbons (Fsp3) is 0.375. The van der Waals surface area contributed by atoms with Gasteiger partial charge in [-0.15, -0.1) is 0 Å². The third-order valence-corrected chi connectivity index (χ3v) is 6.17. The summed E-state index contributed by atoms with van der Waals surface area (Å²) in [7, 11) is 1.46. The van der Waals surface area contributed by atoms with Crippen molar-refractivity contribution in [1.82, 2.24) is 19.9 Å². The van der Waals surface area contributed by atoms with Crippen molar-refractivity contribution in [3.05, 3.63) is 46.9 Å². The van der Waals surface area contributed by atoms with Gasteiger partial charge >= 0.3 is 0 Å². The Kier molecular flexibility index (Phi) is 6.51. The summed E-state index contributed by atoms with van der Waals surface area (Å²) in [6.45, 7) is 0.686. The molecule has 2 atom stereocenters. The molecule has 36 heavy (non-hydrogen) atoms. The van der Waals surface area contributed by atoms with Crippen LogP contribution in [-0.4, -0.2) is 65.9 Å². The second-order valence-electron chi connectivity index (χ2n) is 8.75. The van der Waals surface area contributed by atoms with Gasteiger partial charge in [-0.2, -0.15) is 4.98 Å². The van der Waals surface area contributed by atoms with Gasteiger partial charge in [0.1, 0.15) is 17.4 Å². The molecule has 1 aromatic carbocycles. The SMILES string of the molecule is COc1ccc2ncc(=O)n(CC(F)CNC[C@H]3CC(=O)N(c4ccc5c(c4)NC(=O)CO5)C3)c2n1. The van der Waals surface area contributed by atoms with E-state index in [1.165, 1.54) is 11.7 Å².